The van der Waals surface area contributed by atoms with Crippen molar-refractivity contribution in [3.8, 4) is 0 Å². The van der Waals surface area contributed by atoms with Crippen molar-refractivity contribution in [1.29, 1.82) is 0 Å². The van der Waals surface area contributed by atoms with Crippen molar-refractivity contribution in [1.82, 2.24) is 4.98 Å². The van der Waals surface area contributed by atoms with Crippen molar-refractivity contribution in [3.05, 3.63) is 30.9 Å². The van der Waals surface area contributed by atoms with Crippen LogP contribution in [0.5, 0.6) is 0 Å². The maximum atomic E-state index is 10.3. The van der Waals surface area contributed by atoms with Gasteiger partial charge in [0.15, 0.2) is 0 Å². The molecule has 0 bridgehead atoms. The Labute approximate surface area is 76.5 Å². The molecule has 1 heterocycles. The molecule has 0 saturated heterocycles. The van der Waals surface area contributed by atoms with Gasteiger partial charge in [-0.25, -0.2) is 9.55 Å². The summed E-state index contributed by atoms with van der Waals surface area (Å²) in [6.07, 6.45) is 6.28. The quantitative estimate of drug-likeness (QED) is 0.513. The number of imidazole rings is 1. The lowest BCUT2D eigenvalue weighted by Gasteiger charge is -1.95. The lowest BCUT2D eigenvalue weighted by Crippen LogP contribution is -2.36. The van der Waals surface area contributed by atoms with Crippen LogP contribution in [-0.2, 0) is 17.8 Å². The molecule has 0 aliphatic heterocycles. The first-order valence-electron chi connectivity index (χ1n) is 4.12. The van der Waals surface area contributed by atoms with Gasteiger partial charge in [-0.05, 0) is 0 Å². The Morgan fingerprint density at radius 3 is 3.15 bits per heavy atom. The molecule has 70 valence electrons. The van der Waals surface area contributed by atoms with Crippen LogP contribution in [0, 0.1) is 0 Å². The smallest absolute Gasteiger partial charge is 0.307 e. The third kappa shape index (κ3) is 2.74. The zero-order chi connectivity index (χ0) is 9.68. The first-order valence-corrected chi connectivity index (χ1v) is 4.12. The van der Waals surface area contributed by atoms with Crippen molar-refractivity contribution >= 4 is 5.97 Å². The monoisotopic (exact) mass is 181 g/mol. The second kappa shape index (κ2) is 4.45. The Morgan fingerprint density at radius 1 is 1.77 bits per heavy atom. The van der Waals surface area contributed by atoms with Gasteiger partial charge in [0.1, 0.15) is 18.9 Å². The van der Waals surface area contributed by atoms with E-state index in [1.54, 1.807) is 12.3 Å². The molecule has 0 aliphatic rings. The fraction of sp³-hybridized carbons (Fsp3) is 0.333. The van der Waals surface area contributed by atoms with Crippen LogP contribution in [0.25, 0.3) is 0 Å². The van der Waals surface area contributed by atoms with Crippen molar-refractivity contribution < 1.29 is 14.5 Å². The zero-order valence-electron chi connectivity index (χ0n) is 7.36. The first-order chi connectivity index (χ1) is 6.24. The Kier molecular flexibility index (Phi) is 3.25. The molecule has 4 nitrogen and oxygen atoms in total. The van der Waals surface area contributed by atoms with Gasteiger partial charge in [0.2, 0.25) is 0 Å². The van der Waals surface area contributed by atoms with Gasteiger partial charge in [0.25, 0.3) is 5.82 Å². The van der Waals surface area contributed by atoms with Crippen LogP contribution in [0.3, 0.4) is 0 Å². The molecule has 0 aliphatic carbocycles. The Bertz CT molecular complexity index is 304. The molecule has 0 fully saturated rings. The van der Waals surface area contributed by atoms with Crippen LogP contribution in [-0.4, -0.2) is 16.1 Å². The number of aliphatic carboxylic acids is 1. The number of nitrogens with one attached hydrogen (secondary N) is 1. The van der Waals surface area contributed by atoms with Crippen molar-refractivity contribution in [2.75, 3.05) is 0 Å². The first kappa shape index (κ1) is 9.51. The number of aromatic nitrogens is 2. The van der Waals surface area contributed by atoms with E-state index in [-0.39, 0.29) is 6.42 Å². The summed E-state index contributed by atoms with van der Waals surface area (Å²) in [6, 6.07) is 0. The maximum Gasteiger partial charge on any atom is 0.307 e. The van der Waals surface area contributed by atoms with E-state index in [1.165, 1.54) is 0 Å². The van der Waals surface area contributed by atoms with E-state index in [0.29, 0.717) is 6.54 Å². The van der Waals surface area contributed by atoms with E-state index in [2.05, 4.69) is 11.6 Å². The molecule has 1 rings (SSSR count). The number of rotatable bonds is 5. The SMILES string of the molecule is C=CCc1[nH]cc[n+]1CCC(=O)O. The predicted octanol–water partition coefficient (Wildman–Crippen LogP) is 0.505. The normalized spacial score (nSPS) is 9.85. The van der Waals surface area contributed by atoms with E-state index < -0.39 is 5.97 Å². The summed E-state index contributed by atoms with van der Waals surface area (Å²) in [5, 5.41) is 8.49. The Balaban J connectivity index is 2.59. The van der Waals surface area contributed by atoms with Gasteiger partial charge in [-0.2, -0.15) is 0 Å². The van der Waals surface area contributed by atoms with E-state index in [0.717, 1.165) is 12.2 Å². The average Bonchev–Trinajstić information content (AvgIpc) is 2.49. The molecule has 13 heavy (non-hydrogen) atoms. The van der Waals surface area contributed by atoms with Gasteiger partial charge in [-0.15, -0.1) is 6.58 Å². The van der Waals surface area contributed by atoms with Crippen LogP contribution >= 0.6 is 0 Å². The van der Waals surface area contributed by atoms with E-state index in [1.807, 2.05) is 10.8 Å². The molecular formula is C9H13N2O2+. The molecule has 0 saturated carbocycles. The molecule has 0 unspecified atom stereocenters. The summed E-state index contributed by atoms with van der Waals surface area (Å²) in [4.78, 5) is 13.3. The molecule has 2 N–H and O–H groups in total. The topological polar surface area (TPSA) is 57.0 Å². The number of carboxylic acid groups (broad SMARTS) is 1. The minimum absolute atomic E-state index is 0.145. The summed E-state index contributed by atoms with van der Waals surface area (Å²) in [5.41, 5.74) is 0. The van der Waals surface area contributed by atoms with Gasteiger partial charge in [-0.3, -0.25) is 4.79 Å². The molecule has 0 aromatic carbocycles. The van der Waals surface area contributed by atoms with E-state index in [9.17, 15) is 4.79 Å². The molecule has 0 radical (unpaired) electrons. The second-order valence-corrected chi connectivity index (χ2v) is 2.74. The van der Waals surface area contributed by atoms with E-state index in [4.69, 9.17) is 5.11 Å². The van der Waals surface area contributed by atoms with Crippen LogP contribution in [0.2, 0.25) is 0 Å². The van der Waals surface area contributed by atoms with Crippen molar-refractivity contribution in [3.63, 3.8) is 0 Å². The molecule has 4 heteroatoms. The predicted molar refractivity (Wildman–Crippen MR) is 47.1 cm³/mol. The highest BCUT2D eigenvalue weighted by Gasteiger charge is 2.09. The number of carboxylic acids is 1. The largest absolute Gasteiger partial charge is 0.481 e. The summed E-state index contributed by atoms with van der Waals surface area (Å²) in [7, 11) is 0. The van der Waals surface area contributed by atoms with Gasteiger partial charge >= 0.3 is 5.97 Å². The number of aromatic amines is 1. The van der Waals surface area contributed by atoms with Gasteiger partial charge in [0.05, 0.1) is 12.8 Å². The van der Waals surface area contributed by atoms with Gasteiger partial charge in [0, 0.05) is 0 Å². The van der Waals surface area contributed by atoms with Crippen molar-refractivity contribution in [2.24, 2.45) is 0 Å². The third-order valence-corrected chi connectivity index (χ3v) is 1.76. The number of H-pyrrole nitrogens is 1. The van der Waals surface area contributed by atoms with Crippen molar-refractivity contribution in [2.45, 2.75) is 19.4 Å². The molecular weight excluding hydrogens is 168 g/mol. The zero-order valence-corrected chi connectivity index (χ0v) is 7.36. The van der Waals surface area contributed by atoms with Crippen LogP contribution in [0.4, 0.5) is 0 Å². The minimum Gasteiger partial charge on any atom is -0.481 e. The second-order valence-electron chi connectivity index (χ2n) is 2.74. The van der Waals surface area contributed by atoms with Gasteiger partial charge in [-0.1, -0.05) is 6.08 Å². The lowest BCUT2D eigenvalue weighted by molar-refractivity contribution is -0.701. The number of allylic oxidation sites excluding steroid dienone is 1. The molecule has 0 spiro atoms. The summed E-state index contributed by atoms with van der Waals surface area (Å²) < 4.78 is 1.88. The standard InChI is InChI=1S/C9H12N2O2/c1-2-3-8-10-5-7-11(8)6-4-9(12)13/h2,5,7H,1,3-4,6H2,(H,12,13)/p+1. The molecule has 0 amide bonds. The van der Waals surface area contributed by atoms with Crippen LogP contribution in [0.15, 0.2) is 25.0 Å². The Morgan fingerprint density at radius 2 is 2.54 bits per heavy atom. The fourth-order valence-electron chi connectivity index (χ4n) is 1.13. The van der Waals surface area contributed by atoms with Crippen LogP contribution < -0.4 is 4.57 Å². The van der Waals surface area contributed by atoms with Gasteiger partial charge < -0.3 is 5.11 Å². The maximum absolute atomic E-state index is 10.3. The minimum atomic E-state index is -0.779. The number of carbonyl (C=O) groups is 1. The Hall–Kier alpha value is -1.58. The fourth-order valence-corrected chi connectivity index (χ4v) is 1.13. The summed E-state index contributed by atoms with van der Waals surface area (Å²) >= 11 is 0. The number of hydrogen-bond donors (Lipinski definition) is 2. The van der Waals surface area contributed by atoms with E-state index >= 15 is 0 Å². The third-order valence-electron chi connectivity index (χ3n) is 1.76. The summed E-state index contributed by atoms with van der Waals surface area (Å²) in [5.74, 6) is 0.203. The highest BCUT2D eigenvalue weighted by atomic mass is 16.4. The molecule has 1 aromatic heterocycles. The highest BCUT2D eigenvalue weighted by Crippen LogP contribution is 1.90. The lowest BCUT2D eigenvalue weighted by atomic mass is 10.3. The summed E-state index contributed by atoms with van der Waals surface area (Å²) in [6.45, 7) is 4.12. The van der Waals surface area contributed by atoms with Crippen LogP contribution in [0.1, 0.15) is 12.2 Å². The number of hydrogen-bond acceptors (Lipinski definition) is 1. The number of nitrogens with zero attached hydrogens (tertiary/aromatic N) is 1. The molecule has 1 aromatic rings. The number of aryl methyl sites for hydroxylation is 1. The highest BCUT2D eigenvalue weighted by molar-refractivity contribution is 5.66. The molecule has 0 atom stereocenters. The average molecular weight is 181 g/mol.